The summed E-state index contributed by atoms with van der Waals surface area (Å²) in [5.41, 5.74) is 0.954. The lowest BCUT2D eigenvalue weighted by atomic mass is 10.1. The Balaban J connectivity index is 2.35. The van der Waals surface area contributed by atoms with E-state index in [-0.39, 0.29) is 5.95 Å². The average molecular weight is 311 g/mol. The van der Waals surface area contributed by atoms with Crippen LogP contribution >= 0.6 is 0 Å². The molecule has 0 N–H and O–H groups in total. The van der Waals surface area contributed by atoms with Gasteiger partial charge in [0.1, 0.15) is 5.56 Å². The molecule has 0 spiro atoms. The molecule has 0 fully saturated rings. The fourth-order valence-corrected chi connectivity index (χ4v) is 1.94. The number of nitrogens with zero attached hydrogens (tertiary/aromatic N) is 3. The van der Waals surface area contributed by atoms with E-state index in [2.05, 4.69) is 9.97 Å². The van der Waals surface area contributed by atoms with Crippen LogP contribution in [0.5, 0.6) is 5.88 Å². The second-order valence-electron chi connectivity index (χ2n) is 4.67. The minimum absolute atomic E-state index is 0.133. The summed E-state index contributed by atoms with van der Waals surface area (Å²) in [5, 5.41) is 0. The Hall–Kier alpha value is -2.31. The van der Waals surface area contributed by atoms with Gasteiger partial charge in [-0.1, -0.05) is 19.1 Å². The van der Waals surface area contributed by atoms with E-state index in [1.54, 1.807) is 11.9 Å². The van der Waals surface area contributed by atoms with Crippen molar-refractivity contribution in [1.29, 1.82) is 0 Å². The van der Waals surface area contributed by atoms with Crippen molar-refractivity contribution < 1.29 is 17.9 Å². The molecule has 7 heteroatoms. The molecule has 118 valence electrons. The van der Waals surface area contributed by atoms with Crippen molar-refractivity contribution >= 4 is 11.6 Å². The number of hydrogen-bond donors (Lipinski definition) is 0. The molecule has 0 amide bonds. The molecule has 22 heavy (non-hydrogen) atoms. The SMILES string of the molecule is CCc1ccc(N(C)c2ncc(C(F)(F)F)c(OC)n2)cc1. The van der Waals surface area contributed by atoms with Crippen LogP contribution in [-0.2, 0) is 12.6 Å². The number of halogens is 3. The minimum Gasteiger partial charge on any atom is -0.480 e. The Labute approximate surface area is 126 Å². The lowest BCUT2D eigenvalue weighted by Crippen LogP contribution is -2.16. The van der Waals surface area contributed by atoms with Gasteiger partial charge < -0.3 is 9.64 Å². The molecule has 2 aromatic rings. The molecule has 1 aromatic heterocycles. The van der Waals surface area contributed by atoms with Crippen LogP contribution in [0.4, 0.5) is 24.8 Å². The van der Waals surface area contributed by atoms with Crippen molar-refractivity contribution in [2.75, 3.05) is 19.1 Å². The molecule has 1 heterocycles. The van der Waals surface area contributed by atoms with Crippen molar-refractivity contribution in [1.82, 2.24) is 9.97 Å². The second-order valence-corrected chi connectivity index (χ2v) is 4.67. The molecule has 0 saturated heterocycles. The Bertz CT molecular complexity index is 641. The molecule has 0 bridgehead atoms. The monoisotopic (exact) mass is 311 g/mol. The number of aryl methyl sites for hydroxylation is 1. The Morgan fingerprint density at radius 2 is 1.82 bits per heavy atom. The maximum Gasteiger partial charge on any atom is 0.423 e. The first-order valence-electron chi connectivity index (χ1n) is 6.67. The van der Waals surface area contributed by atoms with E-state index in [0.29, 0.717) is 0 Å². The Kier molecular flexibility index (Phi) is 4.54. The fourth-order valence-electron chi connectivity index (χ4n) is 1.94. The van der Waals surface area contributed by atoms with Crippen molar-refractivity contribution in [2.45, 2.75) is 19.5 Å². The molecule has 0 aliphatic heterocycles. The molecule has 0 radical (unpaired) electrons. The van der Waals surface area contributed by atoms with Gasteiger partial charge in [0, 0.05) is 18.9 Å². The summed E-state index contributed by atoms with van der Waals surface area (Å²) in [6.07, 6.45) is -2.90. The van der Waals surface area contributed by atoms with E-state index in [1.807, 2.05) is 31.2 Å². The van der Waals surface area contributed by atoms with Crippen LogP contribution in [0.2, 0.25) is 0 Å². The van der Waals surface area contributed by atoms with Gasteiger partial charge in [-0.05, 0) is 24.1 Å². The third kappa shape index (κ3) is 3.29. The highest BCUT2D eigenvalue weighted by atomic mass is 19.4. The average Bonchev–Trinajstić information content (AvgIpc) is 2.52. The van der Waals surface area contributed by atoms with Crippen LogP contribution in [0.15, 0.2) is 30.5 Å². The third-order valence-electron chi connectivity index (χ3n) is 3.27. The van der Waals surface area contributed by atoms with Gasteiger partial charge in [0.05, 0.1) is 7.11 Å². The van der Waals surface area contributed by atoms with Gasteiger partial charge >= 0.3 is 6.18 Å². The van der Waals surface area contributed by atoms with Crippen molar-refractivity contribution in [3.05, 3.63) is 41.6 Å². The zero-order chi connectivity index (χ0) is 16.3. The molecular weight excluding hydrogens is 295 g/mol. The van der Waals surface area contributed by atoms with Gasteiger partial charge in [-0.25, -0.2) is 4.98 Å². The quantitative estimate of drug-likeness (QED) is 0.860. The zero-order valence-corrected chi connectivity index (χ0v) is 12.5. The summed E-state index contributed by atoms with van der Waals surface area (Å²) in [7, 11) is 2.83. The predicted octanol–water partition coefficient (Wildman–Crippen LogP) is 3.83. The predicted molar refractivity (Wildman–Crippen MR) is 77.5 cm³/mol. The molecule has 0 saturated carbocycles. The van der Waals surface area contributed by atoms with Gasteiger partial charge in [-0.3, -0.25) is 0 Å². The molecule has 0 unspecified atom stereocenters. The first-order valence-corrected chi connectivity index (χ1v) is 6.67. The summed E-state index contributed by atoms with van der Waals surface area (Å²) >= 11 is 0. The van der Waals surface area contributed by atoms with Crippen molar-refractivity contribution in [2.24, 2.45) is 0 Å². The lowest BCUT2D eigenvalue weighted by molar-refractivity contribution is -0.139. The second kappa shape index (κ2) is 6.21. The first-order chi connectivity index (χ1) is 10.4. The number of hydrogen-bond acceptors (Lipinski definition) is 4. The molecule has 0 aliphatic rings. The van der Waals surface area contributed by atoms with Gasteiger partial charge in [-0.15, -0.1) is 0 Å². The topological polar surface area (TPSA) is 38.2 Å². The smallest absolute Gasteiger partial charge is 0.423 e. The van der Waals surface area contributed by atoms with Crippen LogP contribution in [0.25, 0.3) is 0 Å². The summed E-state index contributed by atoms with van der Waals surface area (Å²) in [4.78, 5) is 9.24. The highest BCUT2D eigenvalue weighted by Crippen LogP contribution is 2.35. The van der Waals surface area contributed by atoms with Crippen LogP contribution in [0.1, 0.15) is 18.1 Å². The summed E-state index contributed by atoms with van der Waals surface area (Å²) < 4.78 is 43.1. The van der Waals surface area contributed by atoms with E-state index >= 15 is 0 Å². The first kappa shape index (κ1) is 16.1. The van der Waals surface area contributed by atoms with E-state index in [4.69, 9.17) is 4.74 Å². The molecule has 1 aromatic carbocycles. The molecule has 0 atom stereocenters. The summed E-state index contributed by atoms with van der Waals surface area (Å²) in [5.74, 6) is -0.358. The Morgan fingerprint density at radius 1 is 1.18 bits per heavy atom. The van der Waals surface area contributed by atoms with Gasteiger partial charge in [0.15, 0.2) is 0 Å². The molecule has 4 nitrogen and oxygen atoms in total. The number of anilines is 2. The molecule has 0 aliphatic carbocycles. The highest BCUT2D eigenvalue weighted by Gasteiger charge is 2.36. The normalized spacial score (nSPS) is 11.4. The fraction of sp³-hybridized carbons (Fsp3) is 0.333. The third-order valence-corrected chi connectivity index (χ3v) is 3.27. The van der Waals surface area contributed by atoms with E-state index < -0.39 is 17.6 Å². The van der Waals surface area contributed by atoms with Crippen molar-refractivity contribution in [3.8, 4) is 5.88 Å². The lowest BCUT2D eigenvalue weighted by Gasteiger charge is -2.19. The van der Waals surface area contributed by atoms with E-state index in [0.717, 1.165) is 25.4 Å². The van der Waals surface area contributed by atoms with Crippen LogP contribution in [0.3, 0.4) is 0 Å². The summed E-state index contributed by atoms with van der Waals surface area (Å²) in [6, 6.07) is 7.64. The standard InChI is InChI=1S/C15H16F3N3O/c1-4-10-5-7-11(8-6-10)21(2)14-19-9-12(15(16,17)18)13(20-14)22-3/h5-9H,4H2,1-3H3. The maximum atomic E-state index is 12.8. The van der Waals surface area contributed by atoms with Gasteiger partial charge in [-0.2, -0.15) is 18.2 Å². The van der Waals surface area contributed by atoms with Crippen molar-refractivity contribution in [3.63, 3.8) is 0 Å². The number of methoxy groups -OCH3 is 1. The molecular formula is C15H16F3N3O. The number of ether oxygens (including phenoxy) is 1. The van der Waals surface area contributed by atoms with E-state index in [1.165, 1.54) is 5.56 Å². The summed E-state index contributed by atoms with van der Waals surface area (Å²) in [6.45, 7) is 2.04. The Morgan fingerprint density at radius 3 is 2.32 bits per heavy atom. The minimum atomic E-state index is -4.55. The van der Waals surface area contributed by atoms with Crippen LogP contribution < -0.4 is 9.64 Å². The zero-order valence-electron chi connectivity index (χ0n) is 12.5. The number of aromatic nitrogens is 2. The van der Waals surface area contributed by atoms with Crippen LogP contribution in [0, 0.1) is 0 Å². The van der Waals surface area contributed by atoms with Gasteiger partial charge in [0.25, 0.3) is 0 Å². The number of benzene rings is 1. The number of rotatable bonds is 4. The maximum absolute atomic E-state index is 12.8. The number of alkyl halides is 3. The van der Waals surface area contributed by atoms with E-state index in [9.17, 15) is 13.2 Å². The highest BCUT2D eigenvalue weighted by molar-refractivity contribution is 5.57. The largest absolute Gasteiger partial charge is 0.480 e. The molecule has 2 rings (SSSR count). The van der Waals surface area contributed by atoms with Gasteiger partial charge in [0.2, 0.25) is 11.8 Å². The van der Waals surface area contributed by atoms with Crippen LogP contribution in [-0.4, -0.2) is 24.1 Å².